The Morgan fingerprint density at radius 2 is 2.03 bits per heavy atom. The SMILES string of the molecule is CC(C)c1cn(CC[C@@H]2CC[C@@H](NC(=O)Nc3cc(Cl)cc(Cl)c3)[C@@H](CO)O2)nn1. The van der Waals surface area contributed by atoms with E-state index in [0.29, 0.717) is 34.6 Å². The number of carbonyl (C=O) groups excluding carboxylic acids is 1. The molecule has 1 saturated heterocycles. The van der Waals surface area contributed by atoms with Gasteiger partial charge in [0.15, 0.2) is 0 Å². The zero-order valence-corrected chi connectivity index (χ0v) is 18.5. The first-order chi connectivity index (χ1) is 14.3. The van der Waals surface area contributed by atoms with Crippen molar-refractivity contribution in [1.29, 1.82) is 0 Å². The Balaban J connectivity index is 1.49. The number of benzene rings is 1. The quantitative estimate of drug-likeness (QED) is 0.588. The maximum absolute atomic E-state index is 12.4. The predicted octanol–water partition coefficient (Wildman–Crippen LogP) is 3.83. The van der Waals surface area contributed by atoms with Gasteiger partial charge < -0.3 is 20.5 Å². The van der Waals surface area contributed by atoms with Crippen LogP contribution in [-0.4, -0.2) is 51.0 Å². The highest BCUT2D eigenvalue weighted by Crippen LogP contribution is 2.24. The predicted molar refractivity (Wildman–Crippen MR) is 116 cm³/mol. The third-order valence-corrected chi connectivity index (χ3v) is 5.50. The molecule has 30 heavy (non-hydrogen) atoms. The molecule has 10 heteroatoms. The van der Waals surface area contributed by atoms with Crippen LogP contribution >= 0.6 is 23.2 Å². The maximum Gasteiger partial charge on any atom is 0.319 e. The maximum atomic E-state index is 12.4. The monoisotopic (exact) mass is 455 g/mol. The zero-order chi connectivity index (χ0) is 21.7. The summed E-state index contributed by atoms with van der Waals surface area (Å²) in [7, 11) is 0. The third kappa shape index (κ3) is 6.31. The molecule has 2 aromatic rings. The highest BCUT2D eigenvalue weighted by molar-refractivity contribution is 6.35. The van der Waals surface area contributed by atoms with Gasteiger partial charge in [0.1, 0.15) is 6.10 Å². The highest BCUT2D eigenvalue weighted by Gasteiger charge is 2.32. The van der Waals surface area contributed by atoms with Gasteiger partial charge in [-0.05, 0) is 43.4 Å². The molecule has 1 aromatic heterocycles. The second-order valence-corrected chi connectivity index (χ2v) is 8.64. The Hall–Kier alpha value is -1.87. The Labute approximate surface area is 185 Å². The molecular formula is C20H27Cl2N5O3. The lowest BCUT2D eigenvalue weighted by atomic mass is 9.97. The van der Waals surface area contributed by atoms with Crippen LogP contribution in [0.2, 0.25) is 10.0 Å². The molecule has 3 atom stereocenters. The lowest BCUT2D eigenvalue weighted by Gasteiger charge is -2.36. The molecule has 1 aromatic carbocycles. The number of ether oxygens (including phenoxy) is 1. The number of rotatable bonds is 7. The summed E-state index contributed by atoms with van der Waals surface area (Å²) in [5.41, 5.74) is 1.46. The summed E-state index contributed by atoms with van der Waals surface area (Å²) in [5, 5.41) is 24.5. The fraction of sp³-hybridized carbons (Fsp3) is 0.550. The molecule has 0 saturated carbocycles. The molecule has 2 amide bonds. The highest BCUT2D eigenvalue weighted by atomic mass is 35.5. The zero-order valence-electron chi connectivity index (χ0n) is 17.0. The smallest absolute Gasteiger partial charge is 0.319 e. The van der Waals surface area contributed by atoms with Crippen LogP contribution in [0.5, 0.6) is 0 Å². The number of aromatic nitrogens is 3. The minimum Gasteiger partial charge on any atom is -0.394 e. The molecule has 164 valence electrons. The fourth-order valence-corrected chi connectivity index (χ4v) is 3.96. The molecule has 2 heterocycles. The average molecular weight is 456 g/mol. The first-order valence-corrected chi connectivity index (χ1v) is 10.8. The minimum absolute atomic E-state index is 0.0123. The van der Waals surface area contributed by atoms with Crippen molar-refractivity contribution in [3.63, 3.8) is 0 Å². The first kappa shape index (κ1) is 22.8. The minimum atomic E-state index is -0.473. The first-order valence-electron chi connectivity index (χ1n) is 10.0. The molecule has 1 aliphatic rings. The number of amides is 2. The summed E-state index contributed by atoms with van der Waals surface area (Å²) < 4.78 is 7.84. The van der Waals surface area contributed by atoms with Gasteiger partial charge in [0.05, 0.1) is 24.4 Å². The van der Waals surface area contributed by atoms with E-state index >= 15 is 0 Å². The summed E-state index contributed by atoms with van der Waals surface area (Å²) in [4.78, 5) is 12.4. The van der Waals surface area contributed by atoms with Crippen molar-refractivity contribution in [3.8, 4) is 0 Å². The van der Waals surface area contributed by atoms with Gasteiger partial charge in [-0.25, -0.2) is 4.79 Å². The van der Waals surface area contributed by atoms with Crippen LogP contribution in [-0.2, 0) is 11.3 Å². The number of anilines is 1. The molecule has 3 N–H and O–H groups in total. The van der Waals surface area contributed by atoms with E-state index in [1.54, 1.807) is 18.2 Å². The molecule has 0 unspecified atom stereocenters. The van der Waals surface area contributed by atoms with Gasteiger partial charge in [-0.15, -0.1) is 5.10 Å². The second-order valence-electron chi connectivity index (χ2n) is 7.77. The van der Waals surface area contributed by atoms with E-state index in [0.717, 1.165) is 18.5 Å². The van der Waals surface area contributed by atoms with Gasteiger partial charge in [0.25, 0.3) is 0 Å². The molecule has 0 spiro atoms. The Morgan fingerprint density at radius 1 is 1.30 bits per heavy atom. The van der Waals surface area contributed by atoms with Crippen molar-refractivity contribution in [1.82, 2.24) is 20.3 Å². The van der Waals surface area contributed by atoms with E-state index in [2.05, 4.69) is 34.8 Å². The van der Waals surface area contributed by atoms with E-state index in [1.807, 2.05) is 10.9 Å². The van der Waals surface area contributed by atoms with Gasteiger partial charge in [0.2, 0.25) is 0 Å². The van der Waals surface area contributed by atoms with Gasteiger partial charge >= 0.3 is 6.03 Å². The van der Waals surface area contributed by atoms with Crippen molar-refractivity contribution in [2.75, 3.05) is 11.9 Å². The lowest BCUT2D eigenvalue weighted by Crippen LogP contribution is -2.52. The van der Waals surface area contributed by atoms with Crippen molar-refractivity contribution in [2.24, 2.45) is 0 Å². The number of nitrogens with zero attached hydrogens (tertiary/aromatic N) is 3. The van der Waals surface area contributed by atoms with E-state index in [1.165, 1.54) is 0 Å². The third-order valence-electron chi connectivity index (χ3n) is 5.06. The summed E-state index contributed by atoms with van der Waals surface area (Å²) in [6.07, 6.45) is 3.70. The molecule has 8 nitrogen and oxygen atoms in total. The summed E-state index contributed by atoms with van der Waals surface area (Å²) in [5.74, 6) is 0.337. The van der Waals surface area contributed by atoms with Gasteiger partial charge in [-0.1, -0.05) is 42.3 Å². The number of aliphatic hydroxyl groups excluding tert-OH is 1. The van der Waals surface area contributed by atoms with E-state index in [-0.39, 0.29) is 18.8 Å². The summed E-state index contributed by atoms with van der Waals surface area (Å²) in [6.45, 7) is 4.67. The number of nitrogens with one attached hydrogen (secondary N) is 2. The average Bonchev–Trinajstić information content (AvgIpc) is 3.15. The van der Waals surface area contributed by atoms with Crippen LogP contribution in [0.3, 0.4) is 0 Å². The van der Waals surface area contributed by atoms with Crippen LogP contribution in [0, 0.1) is 0 Å². The standard InChI is InChI=1S/C20H27Cl2N5O3/c1-12(2)18-10-27(26-25-18)6-5-16-3-4-17(19(11-28)30-16)24-20(29)23-15-8-13(21)7-14(22)9-15/h7-10,12,16-17,19,28H,3-6,11H2,1-2H3,(H2,23,24,29)/t16-,17+,19+/m0/s1. The number of aliphatic hydroxyl groups is 1. The van der Waals surface area contributed by atoms with Gasteiger partial charge in [-0.3, -0.25) is 4.68 Å². The van der Waals surface area contributed by atoms with Crippen LogP contribution in [0.15, 0.2) is 24.4 Å². The Bertz CT molecular complexity index is 840. The molecular weight excluding hydrogens is 429 g/mol. The Kier molecular flexibility index (Phi) is 7.93. The van der Waals surface area contributed by atoms with Gasteiger partial charge in [-0.2, -0.15) is 0 Å². The molecule has 0 bridgehead atoms. The van der Waals surface area contributed by atoms with Crippen LogP contribution in [0.25, 0.3) is 0 Å². The van der Waals surface area contributed by atoms with Gasteiger partial charge in [0, 0.05) is 28.5 Å². The molecule has 1 aliphatic heterocycles. The molecule has 0 aliphatic carbocycles. The number of hydrogen-bond acceptors (Lipinski definition) is 5. The number of carbonyl (C=O) groups is 1. The summed E-state index contributed by atoms with van der Waals surface area (Å²) in [6, 6.07) is 4.12. The molecule has 0 radical (unpaired) electrons. The number of hydrogen-bond donors (Lipinski definition) is 3. The largest absolute Gasteiger partial charge is 0.394 e. The Morgan fingerprint density at radius 3 is 2.67 bits per heavy atom. The molecule has 3 rings (SSSR count). The van der Waals surface area contributed by atoms with Crippen LogP contribution in [0.4, 0.5) is 10.5 Å². The van der Waals surface area contributed by atoms with Crippen LogP contribution < -0.4 is 10.6 Å². The van der Waals surface area contributed by atoms with E-state index in [9.17, 15) is 9.90 Å². The van der Waals surface area contributed by atoms with Crippen molar-refractivity contribution >= 4 is 34.9 Å². The molecule has 1 fully saturated rings. The van der Waals surface area contributed by atoms with Crippen molar-refractivity contribution in [2.45, 2.75) is 63.8 Å². The topological polar surface area (TPSA) is 101 Å². The van der Waals surface area contributed by atoms with Crippen molar-refractivity contribution < 1.29 is 14.6 Å². The lowest BCUT2D eigenvalue weighted by molar-refractivity contribution is -0.0905. The van der Waals surface area contributed by atoms with E-state index < -0.39 is 12.1 Å². The van der Waals surface area contributed by atoms with E-state index in [4.69, 9.17) is 27.9 Å². The van der Waals surface area contributed by atoms with Crippen molar-refractivity contribution in [3.05, 3.63) is 40.1 Å². The number of urea groups is 1. The normalized spacial score (nSPS) is 21.6. The van der Waals surface area contributed by atoms with Crippen LogP contribution in [0.1, 0.15) is 44.7 Å². The number of halogens is 2. The number of aryl methyl sites for hydroxylation is 1. The second kappa shape index (κ2) is 10.4. The summed E-state index contributed by atoms with van der Waals surface area (Å²) >= 11 is 11.9. The fourth-order valence-electron chi connectivity index (χ4n) is 3.43.